The zero-order valence-corrected chi connectivity index (χ0v) is 20.3. The van der Waals surface area contributed by atoms with Crippen molar-refractivity contribution in [1.29, 1.82) is 0 Å². The Labute approximate surface area is 194 Å². The lowest BCUT2D eigenvalue weighted by Gasteiger charge is -2.16. The molecule has 0 saturated heterocycles. The lowest BCUT2D eigenvalue weighted by Crippen LogP contribution is -2.15. The number of esters is 2. The fourth-order valence-electron chi connectivity index (χ4n) is 3.99. The first-order valence-electron chi connectivity index (χ1n) is 12.5. The van der Waals surface area contributed by atoms with Crippen molar-refractivity contribution in [2.24, 2.45) is 5.92 Å². The molecule has 0 amide bonds. The zero-order chi connectivity index (χ0) is 23.8. The minimum Gasteiger partial charge on any atom is -0.466 e. The predicted octanol–water partition coefficient (Wildman–Crippen LogP) is 5.37. The van der Waals surface area contributed by atoms with E-state index in [4.69, 9.17) is 9.47 Å². The van der Waals surface area contributed by atoms with Crippen LogP contribution in [0.15, 0.2) is 23.5 Å². The highest BCUT2D eigenvalue weighted by atomic mass is 16.5. The topological polar surface area (TPSA) is 93.1 Å². The van der Waals surface area contributed by atoms with Gasteiger partial charge in [0.1, 0.15) is 5.76 Å². The van der Waals surface area contributed by atoms with Crippen molar-refractivity contribution < 1.29 is 29.3 Å². The van der Waals surface area contributed by atoms with Gasteiger partial charge in [-0.15, -0.1) is 0 Å². The lowest BCUT2D eigenvalue weighted by molar-refractivity contribution is -0.144. The Hall–Kier alpha value is -1.66. The maximum atomic E-state index is 11.7. The van der Waals surface area contributed by atoms with E-state index in [0.717, 1.165) is 69.8 Å². The standard InChI is InChI=1S/C26H44O6/c1-4-6-10-13-21(28)16-17-22-23(25(19-24(22)29)32-20(3)27)14-11-8-9-12-15-26(30)31-18-7-5-2/h16-17,21-22,24,28-29H,4-15,18-19H2,1-3H3/b17-16+/t21-,22+,24+/m0/s1. The van der Waals surface area contributed by atoms with Crippen molar-refractivity contribution in [2.75, 3.05) is 6.61 Å². The van der Waals surface area contributed by atoms with Crippen LogP contribution in [0, 0.1) is 5.92 Å². The van der Waals surface area contributed by atoms with Gasteiger partial charge in [0.05, 0.1) is 18.8 Å². The number of aliphatic hydroxyl groups is 2. The summed E-state index contributed by atoms with van der Waals surface area (Å²) in [5, 5.41) is 20.7. The molecule has 0 bridgehead atoms. The molecule has 0 heterocycles. The molecule has 1 aliphatic carbocycles. The van der Waals surface area contributed by atoms with E-state index in [1.807, 2.05) is 6.08 Å². The summed E-state index contributed by atoms with van der Waals surface area (Å²) in [6.45, 7) is 6.07. The third kappa shape index (κ3) is 11.8. The van der Waals surface area contributed by atoms with E-state index >= 15 is 0 Å². The molecule has 3 atom stereocenters. The molecule has 1 aliphatic rings. The summed E-state index contributed by atoms with van der Waals surface area (Å²) in [6.07, 6.45) is 13.3. The first kappa shape index (κ1) is 28.4. The molecule has 6 heteroatoms. The highest BCUT2D eigenvalue weighted by molar-refractivity contribution is 5.69. The van der Waals surface area contributed by atoms with Crippen molar-refractivity contribution in [3.63, 3.8) is 0 Å². The molecule has 0 aromatic carbocycles. The number of aliphatic hydroxyl groups excluding tert-OH is 2. The summed E-state index contributed by atoms with van der Waals surface area (Å²) in [4.78, 5) is 23.2. The Balaban J connectivity index is 2.53. The predicted molar refractivity (Wildman–Crippen MR) is 126 cm³/mol. The van der Waals surface area contributed by atoms with E-state index in [-0.39, 0.29) is 17.9 Å². The highest BCUT2D eigenvalue weighted by Crippen LogP contribution is 2.37. The monoisotopic (exact) mass is 452 g/mol. The largest absolute Gasteiger partial charge is 0.466 e. The van der Waals surface area contributed by atoms with Gasteiger partial charge in [-0.05, 0) is 37.7 Å². The second-order valence-electron chi connectivity index (χ2n) is 8.78. The summed E-state index contributed by atoms with van der Waals surface area (Å²) in [5.74, 6) is -0.172. The smallest absolute Gasteiger partial charge is 0.307 e. The summed E-state index contributed by atoms with van der Waals surface area (Å²) in [6, 6.07) is 0. The second-order valence-corrected chi connectivity index (χ2v) is 8.78. The van der Waals surface area contributed by atoms with Crippen LogP contribution in [0.5, 0.6) is 0 Å². The third-order valence-electron chi connectivity index (χ3n) is 5.82. The molecule has 0 saturated carbocycles. The Morgan fingerprint density at radius 3 is 2.47 bits per heavy atom. The average molecular weight is 453 g/mol. The van der Waals surface area contributed by atoms with Crippen molar-refractivity contribution in [3.05, 3.63) is 23.5 Å². The molecular formula is C26H44O6. The summed E-state index contributed by atoms with van der Waals surface area (Å²) in [5.41, 5.74) is 0.948. The average Bonchev–Trinajstić information content (AvgIpc) is 3.02. The van der Waals surface area contributed by atoms with Crippen LogP contribution >= 0.6 is 0 Å². The fraction of sp³-hybridized carbons (Fsp3) is 0.769. The lowest BCUT2D eigenvalue weighted by atomic mass is 9.93. The van der Waals surface area contributed by atoms with Gasteiger partial charge in [0, 0.05) is 25.7 Å². The van der Waals surface area contributed by atoms with Crippen LogP contribution in [0.1, 0.15) is 104 Å². The molecule has 0 aromatic heterocycles. The van der Waals surface area contributed by atoms with Gasteiger partial charge in [-0.3, -0.25) is 9.59 Å². The van der Waals surface area contributed by atoms with Crippen LogP contribution < -0.4 is 0 Å². The first-order chi connectivity index (χ1) is 15.4. The van der Waals surface area contributed by atoms with Crippen LogP contribution in [0.3, 0.4) is 0 Å². The summed E-state index contributed by atoms with van der Waals surface area (Å²) >= 11 is 0. The normalized spacial score (nSPS) is 19.5. The van der Waals surface area contributed by atoms with E-state index in [1.165, 1.54) is 6.92 Å². The molecule has 0 fully saturated rings. The van der Waals surface area contributed by atoms with Crippen molar-refractivity contribution in [2.45, 2.75) is 116 Å². The van der Waals surface area contributed by atoms with Gasteiger partial charge in [-0.25, -0.2) is 0 Å². The van der Waals surface area contributed by atoms with Crippen molar-refractivity contribution in [3.8, 4) is 0 Å². The van der Waals surface area contributed by atoms with Crippen LogP contribution in [0.4, 0.5) is 0 Å². The Kier molecular flexibility index (Phi) is 15.0. The molecule has 0 radical (unpaired) electrons. The molecule has 0 spiro atoms. The number of carbonyl (C=O) groups excluding carboxylic acids is 2. The Morgan fingerprint density at radius 2 is 1.78 bits per heavy atom. The Bertz CT molecular complexity index is 609. The summed E-state index contributed by atoms with van der Waals surface area (Å²) in [7, 11) is 0. The van der Waals surface area contributed by atoms with Crippen LogP contribution in [0.2, 0.25) is 0 Å². The van der Waals surface area contributed by atoms with E-state index in [1.54, 1.807) is 6.08 Å². The van der Waals surface area contributed by atoms with Crippen LogP contribution in [-0.2, 0) is 19.1 Å². The number of rotatable bonds is 17. The molecule has 184 valence electrons. The zero-order valence-electron chi connectivity index (χ0n) is 20.3. The van der Waals surface area contributed by atoms with E-state index in [0.29, 0.717) is 31.6 Å². The van der Waals surface area contributed by atoms with Crippen molar-refractivity contribution in [1.82, 2.24) is 0 Å². The minimum absolute atomic E-state index is 0.125. The first-order valence-corrected chi connectivity index (χ1v) is 12.5. The number of hydrogen-bond acceptors (Lipinski definition) is 6. The van der Waals surface area contributed by atoms with Crippen LogP contribution in [-0.4, -0.2) is 41.0 Å². The Morgan fingerprint density at radius 1 is 1.06 bits per heavy atom. The quantitative estimate of drug-likeness (QED) is 0.175. The number of ether oxygens (including phenoxy) is 2. The molecule has 2 N–H and O–H groups in total. The van der Waals surface area contributed by atoms with E-state index < -0.39 is 12.2 Å². The SMILES string of the molecule is CCCCC[C@H](O)/C=C/[C@@H]1C(CCCCCCC(=O)OCCCC)=C(OC(C)=O)C[C@H]1O. The number of carbonyl (C=O) groups is 2. The molecule has 0 aromatic rings. The van der Waals surface area contributed by atoms with E-state index in [2.05, 4.69) is 13.8 Å². The minimum atomic E-state index is -0.642. The van der Waals surface area contributed by atoms with Gasteiger partial charge in [0.2, 0.25) is 0 Å². The third-order valence-corrected chi connectivity index (χ3v) is 5.82. The van der Waals surface area contributed by atoms with Gasteiger partial charge in [-0.2, -0.15) is 0 Å². The number of unbranched alkanes of at least 4 members (excludes halogenated alkanes) is 6. The number of hydrogen-bond donors (Lipinski definition) is 2. The molecule has 0 aliphatic heterocycles. The van der Waals surface area contributed by atoms with Gasteiger partial charge in [0.15, 0.2) is 0 Å². The van der Waals surface area contributed by atoms with Gasteiger partial charge in [-0.1, -0.05) is 64.5 Å². The van der Waals surface area contributed by atoms with E-state index in [9.17, 15) is 19.8 Å². The molecule has 32 heavy (non-hydrogen) atoms. The summed E-state index contributed by atoms with van der Waals surface area (Å²) < 4.78 is 10.6. The molecule has 0 unspecified atom stereocenters. The van der Waals surface area contributed by atoms with Crippen molar-refractivity contribution >= 4 is 11.9 Å². The maximum absolute atomic E-state index is 11.7. The molecular weight excluding hydrogens is 408 g/mol. The highest BCUT2D eigenvalue weighted by Gasteiger charge is 2.33. The maximum Gasteiger partial charge on any atom is 0.307 e. The fourth-order valence-corrected chi connectivity index (χ4v) is 3.99. The van der Waals surface area contributed by atoms with Gasteiger partial charge < -0.3 is 19.7 Å². The van der Waals surface area contributed by atoms with Gasteiger partial charge in [0.25, 0.3) is 0 Å². The molecule has 1 rings (SSSR count). The molecule has 6 nitrogen and oxygen atoms in total. The second kappa shape index (κ2) is 16.9. The van der Waals surface area contributed by atoms with Gasteiger partial charge >= 0.3 is 11.9 Å². The van der Waals surface area contributed by atoms with Crippen LogP contribution in [0.25, 0.3) is 0 Å².